The predicted molar refractivity (Wildman–Crippen MR) is 132 cm³/mol. The van der Waals surface area contributed by atoms with Crippen LogP contribution in [0.5, 0.6) is 0 Å². The van der Waals surface area contributed by atoms with Gasteiger partial charge in [0.2, 0.25) is 0 Å². The van der Waals surface area contributed by atoms with Crippen molar-refractivity contribution in [3.8, 4) is 0 Å². The summed E-state index contributed by atoms with van der Waals surface area (Å²) in [7, 11) is 0. The molecule has 0 bridgehead atoms. The summed E-state index contributed by atoms with van der Waals surface area (Å²) in [5.74, 6) is 0. The molecule has 0 aromatic carbocycles. The molecule has 0 aromatic heterocycles. The van der Waals surface area contributed by atoms with Gasteiger partial charge >= 0.3 is 205 Å². The monoisotopic (exact) mass is 566 g/mol. The summed E-state index contributed by atoms with van der Waals surface area (Å²) >= 11 is -0.863. The van der Waals surface area contributed by atoms with Gasteiger partial charge in [0, 0.05) is 0 Å². The van der Waals surface area contributed by atoms with Crippen LogP contribution in [0.15, 0.2) is 42.0 Å². The molecule has 0 N–H and O–H groups in total. The minimum absolute atomic E-state index is 0. The van der Waals surface area contributed by atoms with Crippen LogP contribution in [0.25, 0.3) is 0 Å². The second kappa shape index (κ2) is 11.2. The molecule has 4 aliphatic rings. The molecule has 0 radical (unpaired) electrons. The van der Waals surface area contributed by atoms with Crippen molar-refractivity contribution >= 4 is 0 Å². The summed E-state index contributed by atoms with van der Waals surface area (Å²) in [5.41, 5.74) is 4.88. The third kappa shape index (κ3) is 4.64. The van der Waals surface area contributed by atoms with Crippen LogP contribution < -0.4 is 24.8 Å². The summed E-state index contributed by atoms with van der Waals surface area (Å²) in [6.45, 7) is 15.2. The van der Waals surface area contributed by atoms with Crippen LogP contribution in [-0.2, 0) is 23.2 Å². The maximum Gasteiger partial charge on any atom is -1.00 e. The fourth-order valence-electron chi connectivity index (χ4n) is 8.14. The fourth-order valence-corrected chi connectivity index (χ4v) is 13.1. The third-order valence-electron chi connectivity index (χ3n) is 10.6. The van der Waals surface area contributed by atoms with Crippen LogP contribution in [0, 0.1) is 21.7 Å². The van der Waals surface area contributed by atoms with Crippen molar-refractivity contribution in [2.24, 2.45) is 21.7 Å². The van der Waals surface area contributed by atoms with Gasteiger partial charge in [0.15, 0.2) is 0 Å². The Hall–Kier alpha value is 0.423. The fraction of sp³-hybridized carbons (Fsp3) is 0.733. The zero-order valence-corrected chi connectivity index (χ0v) is 26.0. The zero-order valence-electron chi connectivity index (χ0n) is 22.1. The summed E-state index contributed by atoms with van der Waals surface area (Å²) in [4.78, 5) is 0. The molecule has 2 fully saturated rings. The molecule has 2 saturated carbocycles. The van der Waals surface area contributed by atoms with Crippen molar-refractivity contribution in [2.45, 2.75) is 119 Å². The number of hydrogen-bond donors (Lipinski definition) is 0. The summed E-state index contributed by atoms with van der Waals surface area (Å²) < 4.78 is 3.84. The normalized spacial score (nSPS) is 32.4. The largest absolute Gasteiger partial charge is 1.00 e. The van der Waals surface area contributed by atoms with Crippen LogP contribution in [0.2, 0.25) is 0 Å². The second-order valence-electron chi connectivity index (χ2n) is 11.7. The van der Waals surface area contributed by atoms with Crippen molar-refractivity contribution < 1.29 is 48.0 Å². The van der Waals surface area contributed by atoms with Crippen molar-refractivity contribution in [1.29, 1.82) is 0 Å². The van der Waals surface area contributed by atoms with E-state index in [1.54, 1.807) is 11.1 Å². The number of allylic oxidation sites excluding steroid dienone is 8. The molecule has 33 heavy (non-hydrogen) atoms. The van der Waals surface area contributed by atoms with Crippen LogP contribution in [0.4, 0.5) is 0 Å². The summed E-state index contributed by atoms with van der Waals surface area (Å²) in [6.07, 6.45) is 27.5. The standard InChI is InChI=1S/2C15H23.2ClH.Zr/c2*1-4-15(9-6-5-7-10-15)14(3)11-8-13(2)12-14;;;/h2*8,11H,4-7,9-10H2,1-3H3;2*1H;/q;;;;+2/p-2. The van der Waals surface area contributed by atoms with E-state index in [-0.39, 0.29) is 24.8 Å². The topological polar surface area (TPSA) is 0 Å². The summed E-state index contributed by atoms with van der Waals surface area (Å²) in [6, 6.07) is 0. The molecule has 4 rings (SSSR count). The Morgan fingerprint density at radius 3 is 1.27 bits per heavy atom. The minimum atomic E-state index is -0.863. The van der Waals surface area contributed by atoms with Gasteiger partial charge in [0.1, 0.15) is 0 Å². The zero-order chi connectivity index (χ0) is 22.3. The van der Waals surface area contributed by atoms with E-state index in [4.69, 9.17) is 0 Å². The molecule has 0 aliphatic heterocycles. The van der Waals surface area contributed by atoms with Crippen molar-refractivity contribution in [2.75, 3.05) is 0 Å². The van der Waals surface area contributed by atoms with E-state index >= 15 is 0 Å². The smallest absolute Gasteiger partial charge is 1.00 e. The van der Waals surface area contributed by atoms with Gasteiger partial charge in [-0.25, -0.2) is 0 Å². The Morgan fingerprint density at radius 2 is 0.970 bits per heavy atom. The van der Waals surface area contributed by atoms with E-state index in [0.29, 0.717) is 21.7 Å². The van der Waals surface area contributed by atoms with Gasteiger partial charge in [-0.15, -0.1) is 0 Å². The molecular weight excluding hydrogens is 522 g/mol. The van der Waals surface area contributed by atoms with E-state index in [1.165, 1.54) is 77.0 Å². The van der Waals surface area contributed by atoms with Gasteiger partial charge in [0.25, 0.3) is 0 Å². The first-order valence-corrected chi connectivity index (χ1v) is 15.8. The van der Waals surface area contributed by atoms with Crippen LogP contribution >= 0.6 is 0 Å². The maximum atomic E-state index is 2.67. The van der Waals surface area contributed by atoms with Gasteiger partial charge < -0.3 is 24.8 Å². The molecule has 0 aromatic rings. The molecule has 0 saturated heterocycles. The average Bonchev–Trinajstić information content (AvgIpc) is 3.27. The van der Waals surface area contributed by atoms with E-state index in [2.05, 4.69) is 65.8 Å². The van der Waals surface area contributed by atoms with Gasteiger partial charge in [0.05, 0.1) is 0 Å². The Labute approximate surface area is 229 Å². The van der Waals surface area contributed by atoms with Crippen molar-refractivity contribution in [1.82, 2.24) is 0 Å². The molecule has 3 heteroatoms. The third-order valence-corrected chi connectivity index (χ3v) is 16.3. The molecule has 0 nitrogen and oxygen atoms in total. The van der Waals surface area contributed by atoms with E-state index < -0.39 is 23.2 Å². The van der Waals surface area contributed by atoms with Gasteiger partial charge in [-0.2, -0.15) is 0 Å². The van der Waals surface area contributed by atoms with Crippen molar-refractivity contribution in [3.63, 3.8) is 0 Å². The first-order chi connectivity index (χ1) is 14.8. The van der Waals surface area contributed by atoms with Crippen LogP contribution in [-0.4, -0.2) is 0 Å². The molecule has 2 atom stereocenters. The number of rotatable bonds is 6. The number of halogens is 2. The summed E-state index contributed by atoms with van der Waals surface area (Å²) in [5, 5.41) is 0. The van der Waals surface area contributed by atoms with E-state index in [0.717, 1.165) is 0 Å². The Kier molecular flexibility index (Phi) is 10.1. The molecule has 2 unspecified atom stereocenters. The minimum Gasteiger partial charge on any atom is -1.00 e. The van der Waals surface area contributed by atoms with Crippen LogP contribution in [0.3, 0.4) is 0 Å². The number of hydrogen-bond acceptors (Lipinski definition) is 0. The maximum absolute atomic E-state index is 2.67. The average molecular weight is 569 g/mol. The SMILES string of the molecule is CCC1(C2(C)C=CC(C)=[C]2[Zr+2][C]2=C(C)C=CC2(C)C2(CC)CCCCC2)CCCCC1.[Cl-].[Cl-]. The van der Waals surface area contributed by atoms with E-state index in [9.17, 15) is 0 Å². The molecular formula is C30H46Cl2Zr. The van der Waals surface area contributed by atoms with E-state index in [1.807, 2.05) is 6.56 Å². The quantitative estimate of drug-likeness (QED) is 0.460. The first-order valence-electron chi connectivity index (χ1n) is 13.4. The van der Waals surface area contributed by atoms with Gasteiger partial charge in [-0.1, -0.05) is 0 Å². The molecule has 4 aliphatic carbocycles. The molecule has 0 spiro atoms. The Balaban J connectivity index is 0.00000193. The molecule has 0 heterocycles. The predicted octanol–water partition coefficient (Wildman–Crippen LogP) is 3.50. The van der Waals surface area contributed by atoms with Gasteiger partial charge in [-0.05, 0) is 0 Å². The molecule has 0 amide bonds. The van der Waals surface area contributed by atoms with Crippen LogP contribution in [0.1, 0.15) is 119 Å². The van der Waals surface area contributed by atoms with Gasteiger partial charge in [-0.3, -0.25) is 0 Å². The van der Waals surface area contributed by atoms with Crippen molar-refractivity contribution in [3.05, 3.63) is 42.0 Å². The second-order valence-corrected chi connectivity index (χ2v) is 14.8. The Morgan fingerprint density at radius 1 is 0.636 bits per heavy atom. The first kappa shape index (κ1) is 29.7. The Bertz CT molecular complexity index is 752. The molecule has 184 valence electrons.